The average Bonchev–Trinajstić information content (AvgIpc) is 3.02. The molecule has 4 atom stereocenters. The zero-order chi connectivity index (χ0) is 18.4. The molecule has 142 valence electrons. The maximum atomic E-state index is 12.6. The first-order chi connectivity index (χ1) is 11.9. The molecule has 5 heteroatoms. The molecule has 3 nitrogen and oxygen atoms in total. The van der Waals surface area contributed by atoms with Crippen molar-refractivity contribution in [3.05, 3.63) is 22.8 Å². The van der Waals surface area contributed by atoms with Gasteiger partial charge in [-0.05, 0) is 37.3 Å². The molecule has 1 aliphatic heterocycles. The second kappa shape index (κ2) is 9.99. The van der Waals surface area contributed by atoms with Gasteiger partial charge in [-0.25, -0.2) is 0 Å². The highest BCUT2D eigenvalue weighted by molar-refractivity contribution is 6.37. The van der Waals surface area contributed by atoms with Gasteiger partial charge in [0.1, 0.15) is 0 Å². The van der Waals surface area contributed by atoms with Crippen molar-refractivity contribution in [2.75, 3.05) is 13.1 Å². The van der Waals surface area contributed by atoms with E-state index in [4.69, 9.17) is 28.9 Å². The number of carbonyl (C=O) groups excluding carboxylic acids is 1. The number of nitrogens with two attached hydrogens (primary N) is 1. The van der Waals surface area contributed by atoms with Crippen molar-refractivity contribution in [1.29, 1.82) is 0 Å². The number of amides is 1. The number of unbranched alkanes of at least 4 members (excludes halogenated alkanes) is 4. The van der Waals surface area contributed by atoms with Crippen molar-refractivity contribution in [3.63, 3.8) is 0 Å². The van der Waals surface area contributed by atoms with E-state index in [1.165, 1.54) is 24.8 Å². The summed E-state index contributed by atoms with van der Waals surface area (Å²) in [4.78, 5) is 14.6. The van der Waals surface area contributed by atoms with Crippen LogP contribution in [0.25, 0.3) is 0 Å². The Kier molecular flexibility index (Phi) is 8.31. The summed E-state index contributed by atoms with van der Waals surface area (Å²) in [5, 5.41) is 0.574. The van der Waals surface area contributed by atoms with Crippen LogP contribution >= 0.6 is 23.2 Å². The summed E-state index contributed by atoms with van der Waals surface area (Å²) in [5.74, 6) is 0.816. The van der Waals surface area contributed by atoms with Gasteiger partial charge in [-0.2, -0.15) is 0 Å². The lowest BCUT2D eigenvalue weighted by Gasteiger charge is -2.25. The zero-order valence-electron chi connectivity index (χ0n) is 15.5. The summed E-state index contributed by atoms with van der Waals surface area (Å²) in [6, 6.07) is 0.0501. The Bertz CT molecular complexity index is 516. The molecule has 0 aromatic rings. The van der Waals surface area contributed by atoms with Crippen molar-refractivity contribution in [3.8, 4) is 0 Å². The van der Waals surface area contributed by atoms with E-state index in [-0.39, 0.29) is 29.2 Å². The van der Waals surface area contributed by atoms with E-state index in [2.05, 4.69) is 13.0 Å². The molecular weight excluding hydrogens is 355 g/mol. The van der Waals surface area contributed by atoms with Crippen LogP contribution in [0.4, 0.5) is 0 Å². The normalized spacial score (nSPS) is 27.9. The predicted octanol–water partition coefficient (Wildman–Crippen LogP) is 4.83. The fourth-order valence-corrected chi connectivity index (χ4v) is 4.24. The van der Waals surface area contributed by atoms with E-state index in [9.17, 15) is 4.79 Å². The summed E-state index contributed by atoms with van der Waals surface area (Å²) in [6.07, 6.45) is 11.4. The van der Waals surface area contributed by atoms with Crippen molar-refractivity contribution in [1.82, 2.24) is 4.90 Å². The molecule has 1 fully saturated rings. The molecule has 4 unspecified atom stereocenters. The van der Waals surface area contributed by atoms with Gasteiger partial charge in [0.2, 0.25) is 5.91 Å². The molecule has 1 aliphatic carbocycles. The van der Waals surface area contributed by atoms with Crippen molar-refractivity contribution in [2.24, 2.45) is 17.6 Å². The lowest BCUT2D eigenvalue weighted by Crippen LogP contribution is -2.34. The Morgan fingerprint density at radius 2 is 2.04 bits per heavy atom. The minimum atomic E-state index is -0.124. The molecule has 0 aromatic heterocycles. The molecule has 2 N–H and O–H groups in total. The summed E-state index contributed by atoms with van der Waals surface area (Å²) in [7, 11) is 0. The number of halogens is 2. The standard InChI is InChI=1S/C20H32Cl2N2O/c1-3-4-5-6-7-8-20(25)24-12-16(14(2)23)17(13-24)15-9-10-18(21)19(22)11-15/h9,11,14,16-18H,3-8,10,12-13,23H2,1-2H3. The second-order valence-corrected chi connectivity index (χ2v) is 8.49. The van der Waals surface area contributed by atoms with Gasteiger partial charge < -0.3 is 10.6 Å². The van der Waals surface area contributed by atoms with Crippen LogP contribution in [-0.2, 0) is 4.79 Å². The third-order valence-corrected chi connectivity index (χ3v) is 6.38. The van der Waals surface area contributed by atoms with E-state index < -0.39 is 0 Å². The van der Waals surface area contributed by atoms with Gasteiger partial charge in [0.05, 0.1) is 5.38 Å². The quantitative estimate of drug-likeness (QED) is 0.479. The first-order valence-electron chi connectivity index (χ1n) is 9.68. The van der Waals surface area contributed by atoms with Gasteiger partial charge in [0.15, 0.2) is 0 Å². The number of alkyl halides is 1. The van der Waals surface area contributed by atoms with E-state index in [1.807, 2.05) is 17.9 Å². The summed E-state index contributed by atoms with van der Waals surface area (Å²) in [5.41, 5.74) is 7.43. The lowest BCUT2D eigenvalue weighted by atomic mass is 9.82. The molecule has 2 rings (SSSR count). The maximum absolute atomic E-state index is 12.6. The molecule has 25 heavy (non-hydrogen) atoms. The predicted molar refractivity (Wildman–Crippen MR) is 107 cm³/mol. The molecule has 0 saturated carbocycles. The van der Waals surface area contributed by atoms with Crippen LogP contribution < -0.4 is 5.73 Å². The van der Waals surface area contributed by atoms with E-state index in [0.29, 0.717) is 11.5 Å². The van der Waals surface area contributed by atoms with Gasteiger partial charge in [0.25, 0.3) is 0 Å². The monoisotopic (exact) mass is 386 g/mol. The fraction of sp³-hybridized carbons (Fsp3) is 0.750. The number of allylic oxidation sites excluding steroid dienone is 3. The third-order valence-electron chi connectivity index (χ3n) is 5.48. The highest BCUT2D eigenvalue weighted by Gasteiger charge is 2.39. The van der Waals surface area contributed by atoms with Gasteiger partial charge >= 0.3 is 0 Å². The van der Waals surface area contributed by atoms with Gasteiger partial charge in [-0.1, -0.05) is 50.3 Å². The number of rotatable bonds is 8. The second-order valence-electron chi connectivity index (χ2n) is 7.53. The number of likely N-dealkylation sites (tertiary alicyclic amines) is 1. The molecular formula is C20H32Cl2N2O. The van der Waals surface area contributed by atoms with Crippen molar-refractivity contribution < 1.29 is 4.79 Å². The van der Waals surface area contributed by atoms with E-state index in [0.717, 1.165) is 32.4 Å². The molecule has 0 bridgehead atoms. The molecule has 1 saturated heterocycles. The lowest BCUT2D eigenvalue weighted by molar-refractivity contribution is -0.130. The van der Waals surface area contributed by atoms with Crippen LogP contribution in [0.5, 0.6) is 0 Å². The minimum Gasteiger partial charge on any atom is -0.342 e. The van der Waals surface area contributed by atoms with Crippen LogP contribution in [0.15, 0.2) is 22.8 Å². The largest absolute Gasteiger partial charge is 0.342 e. The number of carbonyl (C=O) groups is 1. The van der Waals surface area contributed by atoms with Gasteiger partial charge in [0, 0.05) is 36.5 Å². The van der Waals surface area contributed by atoms with Crippen LogP contribution in [-0.4, -0.2) is 35.3 Å². The molecule has 1 amide bonds. The average molecular weight is 387 g/mol. The highest BCUT2D eigenvalue weighted by atomic mass is 35.5. The maximum Gasteiger partial charge on any atom is 0.222 e. The molecule has 2 aliphatic rings. The zero-order valence-corrected chi connectivity index (χ0v) is 17.0. The van der Waals surface area contributed by atoms with Crippen LogP contribution in [0.1, 0.15) is 58.8 Å². The number of hydrogen-bond donors (Lipinski definition) is 1. The Labute approximate surface area is 162 Å². The fourth-order valence-electron chi connectivity index (χ4n) is 3.88. The summed E-state index contributed by atoms with van der Waals surface area (Å²) >= 11 is 12.4. The molecule has 0 aromatic carbocycles. The topological polar surface area (TPSA) is 46.3 Å². The smallest absolute Gasteiger partial charge is 0.222 e. The minimum absolute atomic E-state index is 0.0501. The Balaban J connectivity index is 1.94. The molecule has 1 heterocycles. The van der Waals surface area contributed by atoms with Crippen LogP contribution in [0.3, 0.4) is 0 Å². The number of hydrogen-bond acceptors (Lipinski definition) is 2. The Morgan fingerprint density at radius 1 is 1.32 bits per heavy atom. The highest BCUT2D eigenvalue weighted by Crippen LogP contribution is 2.37. The first-order valence-corrected chi connectivity index (χ1v) is 10.5. The number of nitrogens with zero attached hydrogens (tertiary/aromatic N) is 1. The summed E-state index contributed by atoms with van der Waals surface area (Å²) in [6.45, 7) is 5.74. The van der Waals surface area contributed by atoms with Crippen LogP contribution in [0, 0.1) is 11.8 Å². The van der Waals surface area contributed by atoms with Gasteiger partial charge in [-0.15, -0.1) is 11.6 Å². The Morgan fingerprint density at radius 3 is 2.68 bits per heavy atom. The molecule has 0 spiro atoms. The Hall–Kier alpha value is -0.510. The summed E-state index contributed by atoms with van der Waals surface area (Å²) < 4.78 is 0. The van der Waals surface area contributed by atoms with Gasteiger partial charge in [-0.3, -0.25) is 4.79 Å². The van der Waals surface area contributed by atoms with Crippen molar-refractivity contribution >= 4 is 29.1 Å². The first kappa shape index (κ1) is 20.8. The SMILES string of the molecule is CCCCCCCC(=O)N1CC(C2=CCC(Cl)C(Cl)=C2)C(C(C)N)C1. The third kappa shape index (κ3) is 5.74. The molecule has 0 radical (unpaired) electrons. The van der Waals surface area contributed by atoms with Crippen LogP contribution in [0.2, 0.25) is 0 Å². The van der Waals surface area contributed by atoms with Crippen molar-refractivity contribution in [2.45, 2.75) is 70.2 Å². The van der Waals surface area contributed by atoms with E-state index >= 15 is 0 Å². The van der Waals surface area contributed by atoms with E-state index in [1.54, 1.807) is 0 Å².